The largest absolute Gasteiger partial charge is 1.00 e. The minimum atomic E-state index is -4.68. The maximum atomic E-state index is 10.6. The van der Waals surface area contributed by atoms with Crippen LogP contribution < -0.4 is 29.6 Å². The zero-order chi connectivity index (χ0) is 10.8. The molecule has 0 fully saturated rings. The van der Waals surface area contributed by atoms with Crippen LogP contribution in [0, 0.1) is 0 Å². The van der Waals surface area contributed by atoms with Gasteiger partial charge in [-0.05, 0) is 17.5 Å². The van der Waals surface area contributed by atoms with Gasteiger partial charge in [0.15, 0.2) is 5.44 Å². The topological polar surface area (TPSA) is 77.4 Å². The van der Waals surface area contributed by atoms with Crippen LogP contribution in [0.4, 0.5) is 0 Å². The molecular weight excluding hydrogens is 227 g/mol. The van der Waals surface area contributed by atoms with Crippen LogP contribution in [-0.4, -0.2) is 18.1 Å². The van der Waals surface area contributed by atoms with E-state index in [0.717, 1.165) is 0 Å². The van der Waals surface area contributed by atoms with Gasteiger partial charge in [0.25, 0.3) is 0 Å². The molecular formula is C9H11NaO4S. The zero-order valence-electron chi connectivity index (χ0n) is 8.67. The molecule has 1 N–H and O–H groups in total. The Bertz CT molecular complexity index is 416. The summed E-state index contributed by atoms with van der Waals surface area (Å²) in [6.45, 7) is 1.82. The molecule has 1 aromatic rings. The minimum Gasteiger partial charge on any atom is -0.746 e. The summed E-state index contributed by atoms with van der Waals surface area (Å²) in [5, 5.41) is 9.27. The second-order valence-corrected chi connectivity index (χ2v) is 4.33. The van der Waals surface area contributed by atoms with Crippen LogP contribution in [0.2, 0.25) is 0 Å². The summed E-state index contributed by atoms with van der Waals surface area (Å²) in [5.74, 6) is 0. The van der Waals surface area contributed by atoms with Crippen LogP contribution in [0.25, 0.3) is 0 Å². The van der Waals surface area contributed by atoms with Gasteiger partial charge in [-0.3, -0.25) is 0 Å². The predicted octanol–water partition coefficient (Wildman–Crippen LogP) is -2.21. The summed E-state index contributed by atoms with van der Waals surface area (Å²) in [4.78, 5) is 0. The van der Waals surface area contributed by atoms with Crippen molar-refractivity contribution in [3.8, 4) is 0 Å². The predicted molar refractivity (Wildman–Crippen MR) is 50.5 cm³/mol. The van der Waals surface area contributed by atoms with Gasteiger partial charge in [-0.25, -0.2) is 8.42 Å². The maximum absolute atomic E-state index is 10.6. The Kier molecular flexibility index (Phi) is 6.02. The van der Waals surface area contributed by atoms with E-state index in [9.17, 15) is 18.1 Å². The number of aliphatic hydroxyl groups excluding tert-OH is 1. The Balaban J connectivity index is 0.00000196. The average molecular weight is 238 g/mol. The Morgan fingerprint density at radius 1 is 1.40 bits per heavy atom. The van der Waals surface area contributed by atoms with Gasteiger partial charge in [0, 0.05) is 0 Å². The van der Waals surface area contributed by atoms with Crippen molar-refractivity contribution in [1.29, 1.82) is 0 Å². The van der Waals surface area contributed by atoms with E-state index in [1.54, 1.807) is 18.2 Å². The fraction of sp³-hybridized carbons (Fsp3) is 0.333. The summed E-state index contributed by atoms with van der Waals surface area (Å²) in [5.41, 5.74) is -1.12. The van der Waals surface area contributed by atoms with E-state index in [1.807, 2.05) is 6.92 Å². The van der Waals surface area contributed by atoms with Crippen LogP contribution in [0.1, 0.15) is 23.5 Å². The first-order valence-corrected chi connectivity index (χ1v) is 5.64. The van der Waals surface area contributed by atoms with Crippen LogP contribution in [0.5, 0.6) is 0 Å². The zero-order valence-corrected chi connectivity index (χ0v) is 11.5. The Labute approximate surface area is 111 Å². The summed E-state index contributed by atoms with van der Waals surface area (Å²) >= 11 is 0. The first-order chi connectivity index (χ1) is 6.46. The van der Waals surface area contributed by atoms with E-state index >= 15 is 0 Å². The molecule has 4 nitrogen and oxygen atoms in total. The number of hydrogen-bond acceptors (Lipinski definition) is 4. The van der Waals surface area contributed by atoms with E-state index in [2.05, 4.69) is 0 Å². The van der Waals surface area contributed by atoms with Crippen LogP contribution in [-0.2, 0) is 16.5 Å². The number of aliphatic hydroxyl groups is 1. The SMILES string of the molecule is CCc1ccccc1C(O)S(=O)(=O)[O-].[Na+]. The van der Waals surface area contributed by atoms with E-state index in [-0.39, 0.29) is 35.1 Å². The Morgan fingerprint density at radius 2 is 1.93 bits per heavy atom. The molecule has 0 bridgehead atoms. The van der Waals surface area contributed by atoms with Crippen molar-refractivity contribution in [3.05, 3.63) is 35.4 Å². The Hall–Kier alpha value is 0.0900. The van der Waals surface area contributed by atoms with Crippen LogP contribution >= 0.6 is 0 Å². The van der Waals surface area contributed by atoms with Gasteiger partial charge in [0.05, 0.1) is 0 Å². The standard InChI is InChI=1S/C9H12O4S.Na/c1-2-7-5-3-4-6-8(7)9(10)14(11,12)13;/h3-6,9-10H,2H2,1H3,(H,11,12,13);/q;+1/p-1. The van der Waals surface area contributed by atoms with E-state index in [1.165, 1.54) is 6.07 Å². The number of hydrogen-bond donors (Lipinski definition) is 1. The molecule has 6 heteroatoms. The smallest absolute Gasteiger partial charge is 0.746 e. The van der Waals surface area contributed by atoms with Gasteiger partial charge in [0.1, 0.15) is 10.1 Å². The number of aryl methyl sites for hydroxylation is 1. The summed E-state index contributed by atoms with van der Waals surface area (Å²) in [7, 11) is -4.68. The van der Waals surface area contributed by atoms with Crippen LogP contribution in [0.15, 0.2) is 24.3 Å². The first kappa shape index (κ1) is 15.1. The second kappa shape index (κ2) is 5.98. The van der Waals surface area contributed by atoms with Gasteiger partial charge < -0.3 is 9.66 Å². The van der Waals surface area contributed by atoms with Crippen molar-refractivity contribution in [2.45, 2.75) is 18.8 Å². The molecule has 1 aromatic carbocycles. The van der Waals surface area contributed by atoms with Crippen molar-refractivity contribution >= 4 is 10.1 Å². The fourth-order valence-corrected chi connectivity index (χ4v) is 1.79. The van der Waals surface area contributed by atoms with Crippen molar-refractivity contribution in [3.63, 3.8) is 0 Å². The summed E-state index contributed by atoms with van der Waals surface area (Å²) in [6, 6.07) is 6.44. The molecule has 1 unspecified atom stereocenters. The van der Waals surface area contributed by atoms with Crippen molar-refractivity contribution in [2.75, 3.05) is 0 Å². The third kappa shape index (κ3) is 3.86. The van der Waals surface area contributed by atoms with Crippen molar-refractivity contribution in [2.24, 2.45) is 0 Å². The quantitative estimate of drug-likeness (QED) is 0.478. The van der Waals surface area contributed by atoms with Gasteiger partial charge >= 0.3 is 29.6 Å². The van der Waals surface area contributed by atoms with Gasteiger partial charge in [0.2, 0.25) is 0 Å². The molecule has 0 saturated carbocycles. The summed E-state index contributed by atoms with van der Waals surface area (Å²) in [6.07, 6.45) is 0.572. The van der Waals surface area contributed by atoms with E-state index in [4.69, 9.17) is 0 Å². The van der Waals surface area contributed by atoms with Crippen molar-refractivity contribution in [1.82, 2.24) is 0 Å². The van der Waals surface area contributed by atoms with Gasteiger partial charge in [-0.15, -0.1) is 0 Å². The van der Waals surface area contributed by atoms with Gasteiger partial charge in [-0.2, -0.15) is 0 Å². The average Bonchev–Trinajstić information content (AvgIpc) is 2.15. The minimum absolute atomic E-state index is 0. The monoisotopic (exact) mass is 238 g/mol. The summed E-state index contributed by atoms with van der Waals surface area (Å²) < 4.78 is 31.8. The molecule has 15 heavy (non-hydrogen) atoms. The molecule has 0 aromatic heterocycles. The number of benzene rings is 1. The third-order valence-corrected chi connectivity index (χ3v) is 2.78. The molecule has 0 saturated heterocycles. The van der Waals surface area contributed by atoms with Gasteiger partial charge in [-0.1, -0.05) is 31.2 Å². The molecule has 78 valence electrons. The van der Waals surface area contributed by atoms with Crippen molar-refractivity contribution < 1.29 is 47.6 Å². The molecule has 1 rings (SSSR count). The molecule has 0 aliphatic heterocycles. The van der Waals surface area contributed by atoms with E-state index < -0.39 is 15.6 Å². The fourth-order valence-electron chi connectivity index (χ4n) is 1.25. The normalized spacial score (nSPS) is 13.0. The maximum Gasteiger partial charge on any atom is 1.00 e. The molecule has 1 atom stereocenters. The first-order valence-electron chi connectivity index (χ1n) is 4.17. The molecule has 0 amide bonds. The molecule has 0 aliphatic carbocycles. The molecule has 0 aliphatic rings. The molecule has 0 radical (unpaired) electrons. The Morgan fingerprint density at radius 3 is 2.40 bits per heavy atom. The molecule has 0 heterocycles. The van der Waals surface area contributed by atoms with E-state index in [0.29, 0.717) is 12.0 Å². The third-order valence-electron chi connectivity index (χ3n) is 1.98. The van der Waals surface area contributed by atoms with Crippen LogP contribution in [0.3, 0.4) is 0 Å². The molecule has 0 spiro atoms. The second-order valence-electron chi connectivity index (χ2n) is 2.90. The number of rotatable bonds is 3.